The molecule has 0 saturated carbocycles. The van der Waals surface area contributed by atoms with Crippen molar-refractivity contribution in [2.24, 2.45) is 0 Å². The number of amides is 1. The van der Waals surface area contributed by atoms with E-state index in [1.165, 1.54) is 0 Å². The average Bonchev–Trinajstić information content (AvgIpc) is 2.43. The molecule has 1 saturated heterocycles. The summed E-state index contributed by atoms with van der Waals surface area (Å²) in [5, 5.41) is 2.84. The molecule has 1 aliphatic heterocycles. The van der Waals surface area contributed by atoms with Crippen LogP contribution in [0.25, 0.3) is 0 Å². The van der Waals surface area contributed by atoms with E-state index in [0.29, 0.717) is 19.5 Å². The van der Waals surface area contributed by atoms with Crippen LogP contribution in [0.4, 0.5) is 5.82 Å². The van der Waals surface area contributed by atoms with Crippen molar-refractivity contribution >= 4 is 43.6 Å². The molecule has 1 amide bonds. The molecule has 4 nitrogen and oxygen atoms in total. The molecule has 1 fully saturated rings. The highest BCUT2D eigenvalue weighted by Crippen LogP contribution is 2.26. The number of halogens is 2. The van der Waals surface area contributed by atoms with Gasteiger partial charge in [-0.15, -0.1) is 0 Å². The van der Waals surface area contributed by atoms with E-state index in [1.54, 1.807) is 6.20 Å². The summed E-state index contributed by atoms with van der Waals surface area (Å²) in [5.41, 5.74) is 0. The summed E-state index contributed by atoms with van der Waals surface area (Å²) in [7, 11) is 0. The molecule has 0 bridgehead atoms. The molecular weight excluding hydrogens is 338 g/mol. The van der Waals surface area contributed by atoms with Crippen molar-refractivity contribution in [1.82, 2.24) is 10.3 Å². The molecule has 0 aliphatic carbocycles. The van der Waals surface area contributed by atoms with Crippen LogP contribution in [-0.2, 0) is 4.79 Å². The van der Waals surface area contributed by atoms with Gasteiger partial charge in [-0.2, -0.15) is 0 Å². The Morgan fingerprint density at radius 1 is 1.38 bits per heavy atom. The number of nitrogens with zero attached hydrogens (tertiary/aromatic N) is 2. The maximum Gasteiger partial charge on any atom is 0.221 e. The zero-order valence-corrected chi connectivity index (χ0v) is 11.7. The highest BCUT2D eigenvalue weighted by atomic mass is 79.9. The highest BCUT2D eigenvalue weighted by Gasteiger charge is 2.16. The Bertz CT molecular complexity index is 411. The maximum atomic E-state index is 11.2. The number of carbonyl (C=O) groups excluding carboxylic acids is 1. The van der Waals surface area contributed by atoms with E-state index >= 15 is 0 Å². The van der Waals surface area contributed by atoms with Crippen LogP contribution in [0.2, 0.25) is 0 Å². The first kappa shape index (κ1) is 11.9. The molecule has 0 unspecified atom stereocenters. The van der Waals surface area contributed by atoms with Gasteiger partial charge in [0.15, 0.2) is 0 Å². The molecule has 16 heavy (non-hydrogen) atoms. The minimum absolute atomic E-state index is 0.107. The van der Waals surface area contributed by atoms with Crippen LogP contribution >= 0.6 is 31.9 Å². The summed E-state index contributed by atoms with van der Waals surface area (Å²) in [4.78, 5) is 17.7. The summed E-state index contributed by atoms with van der Waals surface area (Å²) in [6.45, 7) is 2.17. The predicted octanol–water partition coefficient (Wildman–Crippen LogP) is 1.93. The van der Waals surface area contributed by atoms with Crippen LogP contribution in [0, 0.1) is 0 Å². The van der Waals surface area contributed by atoms with Crippen molar-refractivity contribution in [1.29, 1.82) is 0 Å². The monoisotopic (exact) mass is 347 g/mol. The Balaban J connectivity index is 2.19. The third-order valence-electron chi connectivity index (χ3n) is 2.40. The fourth-order valence-electron chi connectivity index (χ4n) is 1.62. The second-order valence-electron chi connectivity index (χ2n) is 3.55. The van der Waals surface area contributed by atoms with Crippen LogP contribution in [0.15, 0.2) is 21.2 Å². The van der Waals surface area contributed by atoms with Gasteiger partial charge >= 0.3 is 0 Å². The fourth-order valence-corrected chi connectivity index (χ4v) is 2.86. The number of aromatic nitrogens is 1. The molecular formula is C10H11Br2N3O. The molecule has 1 aromatic heterocycles. The van der Waals surface area contributed by atoms with Gasteiger partial charge < -0.3 is 10.2 Å². The van der Waals surface area contributed by atoms with E-state index in [-0.39, 0.29) is 5.91 Å². The third kappa shape index (κ3) is 2.74. The summed E-state index contributed by atoms with van der Waals surface area (Å²) in [6.07, 6.45) is 2.28. The van der Waals surface area contributed by atoms with E-state index in [2.05, 4.69) is 47.1 Å². The Labute approximate surface area is 111 Å². The number of anilines is 1. The standard InChI is InChI=1S/C10H11Br2N3O/c11-7-5-8(12)10(14-6-7)15-3-1-9(16)13-2-4-15/h5-6H,1-4H2,(H,13,16). The van der Waals surface area contributed by atoms with Crippen molar-refractivity contribution in [3.05, 3.63) is 21.2 Å². The molecule has 1 aliphatic rings. The summed E-state index contributed by atoms with van der Waals surface area (Å²) in [6, 6.07) is 1.96. The first-order valence-corrected chi connectivity index (χ1v) is 6.58. The van der Waals surface area contributed by atoms with Crippen molar-refractivity contribution in [3.8, 4) is 0 Å². The molecule has 0 atom stereocenters. The Hall–Kier alpha value is -0.620. The first-order chi connectivity index (χ1) is 7.66. The summed E-state index contributed by atoms with van der Waals surface area (Å²) < 4.78 is 1.88. The van der Waals surface area contributed by atoms with Crippen LogP contribution < -0.4 is 10.2 Å². The summed E-state index contributed by atoms with van der Waals surface area (Å²) >= 11 is 6.85. The van der Waals surface area contributed by atoms with E-state index in [4.69, 9.17) is 0 Å². The zero-order chi connectivity index (χ0) is 11.5. The lowest BCUT2D eigenvalue weighted by molar-refractivity contribution is -0.120. The molecule has 2 rings (SSSR count). The minimum atomic E-state index is 0.107. The van der Waals surface area contributed by atoms with Gasteiger partial charge in [0, 0.05) is 36.7 Å². The number of nitrogens with one attached hydrogen (secondary N) is 1. The average molecular weight is 349 g/mol. The molecule has 2 heterocycles. The van der Waals surface area contributed by atoms with Crippen LogP contribution in [0.3, 0.4) is 0 Å². The molecule has 0 aromatic carbocycles. The molecule has 0 spiro atoms. The number of pyridine rings is 1. The number of hydrogen-bond acceptors (Lipinski definition) is 3. The first-order valence-electron chi connectivity index (χ1n) is 4.99. The van der Waals surface area contributed by atoms with Gasteiger partial charge in [0.25, 0.3) is 0 Å². The second kappa shape index (κ2) is 5.14. The third-order valence-corrected chi connectivity index (χ3v) is 3.42. The number of hydrogen-bond donors (Lipinski definition) is 1. The Kier molecular flexibility index (Phi) is 3.81. The smallest absolute Gasteiger partial charge is 0.221 e. The van der Waals surface area contributed by atoms with Crippen LogP contribution in [0.1, 0.15) is 6.42 Å². The van der Waals surface area contributed by atoms with E-state index < -0.39 is 0 Å². The molecule has 0 radical (unpaired) electrons. The fraction of sp³-hybridized carbons (Fsp3) is 0.400. The largest absolute Gasteiger partial charge is 0.354 e. The summed E-state index contributed by atoms with van der Waals surface area (Å²) in [5.74, 6) is 0.996. The van der Waals surface area contributed by atoms with E-state index in [0.717, 1.165) is 21.3 Å². The normalized spacial score (nSPS) is 16.9. The van der Waals surface area contributed by atoms with Gasteiger partial charge in [0.2, 0.25) is 5.91 Å². The minimum Gasteiger partial charge on any atom is -0.354 e. The Morgan fingerprint density at radius 3 is 2.94 bits per heavy atom. The van der Waals surface area contributed by atoms with Crippen molar-refractivity contribution in [2.75, 3.05) is 24.5 Å². The lowest BCUT2D eigenvalue weighted by atomic mass is 10.3. The predicted molar refractivity (Wildman–Crippen MR) is 69.5 cm³/mol. The second-order valence-corrected chi connectivity index (χ2v) is 5.32. The molecule has 1 N–H and O–H groups in total. The van der Waals surface area contributed by atoms with Gasteiger partial charge in [0.1, 0.15) is 5.82 Å². The molecule has 6 heteroatoms. The van der Waals surface area contributed by atoms with Crippen LogP contribution in [-0.4, -0.2) is 30.5 Å². The highest BCUT2D eigenvalue weighted by molar-refractivity contribution is 9.11. The topological polar surface area (TPSA) is 45.2 Å². The lowest BCUT2D eigenvalue weighted by Gasteiger charge is -2.21. The lowest BCUT2D eigenvalue weighted by Crippen LogP contribution is -2.29. The molecule has 1 aromatic rings. The van der Waals surface area contributed by atoms with Gasteiger partial charge in [-0.1, -0.05) is 0 Å². The Morgan fingerprint density at radius 2 is 2.19 bits per heavy atom. The van der Waals surface area contributed by atoms with Gasteiger partial charge in [-0.25, -0.2) is 4.98 Å². The van der Waals surface area contributed by atoms with Crippen molar-refractivity contribution in [3.63, 3.8) is 0 Å². The maximum absolute atomic E-state index is 11.2. The van der Waals surface area contributed by atoms with E-state index in [1.807, 2.05) is 6.07 Å². The van der Waals surface area contributed by atoms with E-state index in [9.17, 15) is 4.79 Å². The van der Waals surface area contributed by atoms with Crippen molar-refractivity contribution in [2.45, 2.75) is 6.42 Å². The SMILES string of the molecule is O=C1CCN(c2ncc(Br)cc2Br)CCN1. The quantitative estimate of drug-likeness (QED) is 0.843. The number of rotatable bonds is 1. The van der Waals surface area contributed by atoms with Crippen molar-refractivity contribution < 1.29 is 4.79 Å². The van der Waals surface area contributed by atoms with Gasteiger partial charge in [0.05, 0.1) is 4.47 Å². The zero-order valence-electron chi connectivity index (χ0n) is 8.54. The number of carbonyl (C=O) groups is 1. The van der Waals surface area contributed by atoms with Gasteiger partial charge in [-0.05, 0) is 37.9 Å². The molecule has 86 valence electrons. The van der Waals surface area contributed by atoms with Crippen LogP contribution in [0.5, 0.6) is 0 Å². The van der Waals surface area contributed by atoms with Gasteiger partial charge in [-0.3, -0.25) is 4.79 Å².